The summed E-state index contributed by atoms with van der Waals surface area (Å²) >= 11 is 1.53. The smallest absolute Gasteiger partial charge is 0.111 e. The van der Waals surface area contributed by atoms with Crippen LogP contribution in [0.2, 0.25) is 0 Å². The average molecular weight is 339 g/mol. The fourth-order valence-corrected chi connectivity index (χ4v) is 3.22. The van der Waals surface area contributed by atoms with Crippen molar-refractivity contribution >= 4 is 11.8 Å². The summed E-state index contributed by atoms with van der Waals surface area (Å²) in [6.45, 7) is 1.57. The highest BCUT2D eigenvalue weighted by molar-refractivity contribution is 7.99. The van der Waals surface area contributed by atoms with Gasteiger partial charge in [0.1, 0.15) is 18.3 Å². The topological polar surface area (TPSA) is 101 Å². The maximum Gasteiger partial charge on any atom is 0.111 e. The van der Waals surface area contributed by atoms with Crippen LogP contribution >= 0.6 is 11.8 Å². The van der Waals surface area contributed by atoms with Crippen molar-refractivity contribution in [1.82, 2.24) is 0 Å². The van der Waals surface area contributed by atoms with Gasteiger partial charge in [-0.05, 0) is 12.2 Å². The van der Waals surface area contributed by atoms with Crippen LogP contribution in [0.15, 0.2) is 0 Å². The Kier molecular flexibility index (Phi) is 14.8. The molecule has 5 nitrogen and oxygen atoms in total. The summed E-state index contributed by atoms with van der Waals surface area (Å²) in [5.74, 6) is 1.23. The maximum atomic E-state index is 9.73. The predicted octanol–water partition coefficient (Wildman–Crippen LogP) is 1.30. The van der Waals surface area contributed by atoms with E-state index in [0.29, 0.717) is 5.75 Å². The number of aliphatic hydroxyl groups excluding tert-OH is 5. The summed E-state index contributed by atoms with van der Waals surface area (Å²) in [6.07, 6.45) is 4.56. The minimum absolute atomic E-state index is 0.312. The fourth-order valence-electron chi connectivity index (χ4n) is 2.20. The average Bonchev–Trinajstić information content (AvgIpc) is 2.54. The van der Waals surface area contributed by atoms with Crippen LogP contribution in [0.5, 0.6) is 0 Å². The summed E-state index contributed by atoms with van der Waals surface area (Å²) < 4.78 is 0. The molecule has 0 aromatic carbocycles. The van der Waals surface area contributed by atoms with E-state index in [-0.39, 0.29) is 0 Å². The van der Waals surface area contributed by atoms with E-state index in [4.69, 9.17) is 5.11 Å². The third kappa shape index (κ3) is 10.8. The van der Waals surface area contributed by atoms with E-state index in [1.165, 1.54) is 56.7 Å². The van der Waals surface area contributed by atoms with E-state index in [1.54, 1.807) is 0 Å². The van der Waals surface area contributed by atoms with E-state index in [2.05, 4.69) is 6.92 Å². The largest absolute Gasteiger partial charge is 0.394 e. The van der Waals surface area contributed by atoms with Crippen LogP contribution in [-0.4, -0.2) is 68.1 Å². The van der Waals surface area contributed by atoms with Crippen LogP contribution in [0, 0.1) is 0 Å². The minimum atomic E-state index is -1.52. The van der Waals surface area contributed by atoms with Crippen LogP contribution in [0.3, 0.4) is 0 Å². The number of aliphatic hydroxyl groups is 5. The Morgan fingerprint density at radius 3 is 1.77 bits per heavy atom. The van der Waals surface area contributed by atoms with Gasteiger partial charge in [0, 0.05) is 5.75 Å². The van der Waals surface area contributed by atoms with Crippen LogP contribution < -0.4 is 0 Å². The lowest BCUT2D eigenvalue weighted by Gasteiger charge is -2.25. The number of unbranched alkanes of at least 4 members (excludes halogenated alkanes) is 7. The standard InChI is InChI=1S/C16H34O5S/c1-2-3-4-5-6-7-8-9-10-22-12-14(19)16(21)15(20)13(18)11-17/h13-21H,2-12H2,1H3. The van der Waals surface area contributed by atoms with Gasteiger partial charge in [0.25, 0.3) is 0 Å². The third-order valence-corrected chi connectivity index (χ3v) is 4.91. The first-order valence-corrected chi connectivity index (χ1v) is 9.60. The number of hydrogen-bond acceptors (Lipinski definition) is 6. The Hall–Kier alpha value is 0.150. The number of thioether (sulfide) groups is 1. The Labute approximate surface area is 138 Å². The molecule has 22 heavy (non-hydrogen) atoms. The third-order valence-electron chi connectivity index (χ3n) is 3.76. The van der Waals surface area contributed by atoms with Gasteiger partial charge in [-0.3, -0.25) is 0 Å². The molecule has 0 radical (unpaired) electrons. The van der Waals surface area contributed by atoms with Crippen molar-refractivity contribution in [3.63, 3.8) is 0 Å². The van der Waals surface area contributed by atoms with Gasteiger partial charge < -0.3 is 25.5 Å². The molecule has 6 heteroatoms. The maximum absolute atomic E-state index is 9.73. The molecule has 4 unspecified atom stereocenters. The summed E-state index contributed by atoms with van der Waals surface area (Å²) in [6, 6.07) is 0. The monoisotopic (exact) mass is 338 g/mol. The highest BCUT2D eigenvalue weighted by Gasteiger charge is 2.29. The van der Waals surface area contributed by atoms with E-state index in [9.17, 15) is 20.4 Å². The lowest BCUT2D eigenvalue weighted by atomic mass is 10.0. The zero-order valence-electron chi connectivity index (χ0n) is 13.7. The summed E-state index contributed by atoms with van der Waals surface area (Å²) in [7, 11) is 0. The molecule has 0 amide bonds. The van der Waals surface area contributed by atoms with E-state index >= 15 is 0 Å². The second-order valence-corrected chi connectivity index (χ2v) is 7.00. The molecule has 0 aromatic rings. The van der Waals surface area contributed by atoms with E-state index in [1.807, 2.05) is 0 Å². The summed E-state index contributed by atoms with van der Waals surface area (Å²) in [5.41, 5.74) is 0. The Morgan fingerprint density at radius 1 is 0.727 bits per heavy atom. The van der Waals surface area contributed by atoms with Crippen molar-refractivity contribution in [2.45, 2.75) is 82.7 Å². The molecule has 0 rings (SSSR count). The van der Waals surface area contributed by atoms with Crippen molar-refractivity contribution in [3.8, 4) is 0 Å². The van der Waals surface area contributed by atoms with Gasteiger partial charge in [-0.1, -0.05) is 51.9 Å². The molecule has 0 fully saturated rings. The first-order valence-electron chi connectivity index (χ1n) is 8.45. The quantitative estimate of drug-likeness (QED) is 0.289. The minimum Gasteiger partial charge on any atom is -0.394 e. The van der Waals surface area contributed by atoms with Gasteiger partial charge in [0.05, 0.1) is 12.7 Å². The van der Waals surface area contributed by atoms with Gasteiger partial charge in [-0.15, -0.1) is 0 Å². The lowest BCUT2D eigenvalue weighted by molar-refractivity contribution is -0.109. The van der Waals surface area contributed by atoms with Gasteiger partial charge >= 0.3 is 0 Å². The number of hydrogen-bond donors (Lipinski definition) is 5. The van der Waals surface area contributed by atoms with Crippen molar-refractivity contribution in [3.05, 3.63) is 0 Å². The predicted molar refractivity (Wildman–Crippen MR) is 91.0 cm³/mol. The zero-order chi connectivity index (χ0) is 16.8. The van der Waals surface area contributed by atoms with Gasteiger partial charge in [0.15, 0.2) is 0 Å². The van der Waals surface area contributed by atoms with Crippen molar-refractivity contribution in [1.29, 1.82) is 0 Å². The molecule has 0 bridgehead atoms. The second-order valence-electron chi connectivity index (χ2n) is 5.85. The number of rotatable bonds is 15. The molecular formula is C16H34O5S. The molecular weight excluding hydrogens is 304 g/mol. The van der Waals surface area contributed by atoms with Gasteiger partial charge in [0.2, 0.25) is 0 Å². The van der Waals surface area contributed by atoms with Crippen LogP contribution in [0.1, 0.15) is 58.3 Å². The molecule has 0 aliphatic heterocycles. The molecule has 0 aromatic heterocycles. The first-order chi connectivity index (χ1) is 10.5. The molecule has 0 saturated heterocycles. The summed E-state index contributed by atoms with van der Waals surface area (Å²) in [5, 5.41) is 46.8. The highest BCUT2D eigenvalue weighted by atomic mass is 32.2. The normalized spacial score (nSPS) is 17.2. The summed E-state index contributed by atoms with van der Waals surface area (Å²) in [4.78, 5) is 0. The molecule has 0 aliphatic rings. The Balaban J connectivity index is 3.50. The van der Waals surface area contributed by atoms with Gasteiger partial charge in [-0.25, -0.2) is 0 Å². The van der Waals surface area contributed by atoms with Crippen molar-refractivity contribution in [2.75, 3.05) is 18.1 Å². The molecule has 0 spiro atoms. The van der Waals surface area contributed by atoms with E-state index in [0.717, 1.165) is 12.2 Å². The molecule has 0 saturated carbocycles. The molecule has 0 aliphatic carbocycles. The molecule has 4 atom stereocenters. The lowest BCUT2D eigenvalue weighted by Crippen LogP contribution is -2.46. The zero-order valence-corrected chi connectivity index (χ0v) is 14.5. The first kappa shape index (κ1) is 22.1. The Morgan fingerprint density at radius 2 is 1.23 bits per heavy atom. The Bertz CT molecular complexity index is 243. The van der Waals surface area contributed by atoms with Crippen LogP contribution in [0.25, 0.3) is 0 Å². The highest BCUT2D eigenvalue weighted by Crippen LogP contribution is 2.14. The SMILES string of the molecule is CCCCCCCCCCSCC(O)C(O)C(O)C(O)CO. The van der Waals surface area contributed by atoms with Crippen molar-refractivity contribution in [2.24, 2.45) is 0 Å². The van der Waals surface area contributed by atoms with Crippen LogP contribution in [-0.2, 0) is 0 Å². The van der Waals surface area contributed by atoms with E-state index < -0.39 is 31.0 Å². The molecule has 134 valence electrons. The molecule has 5 N–H and O–H groups in total. The second kappa shape index (κ2) is 14.7. The van der Waals surface area contributed by atoms with Crippen LogP contribution in [0.4, 0.5) is 0 Å². The molecule has 0 heterocycles. The van der Waals surface area contributed by atoms with Gasteiger partial charge in [-0.2, -0.15) is 11.8 Å². The van der Waals surface area contributed by atoms with Crippen molar-refractivity contribution < 1.29 is 25.5 Å². The fraction of sp³-hybridized carbons (Fsp3) is 1.00.